The van der Waals surface area contributed by atoms with Crippen LogP contribution in [-0.2, 0) is 4.74 Å². The van der Waals surface area contributed by atoms with Gasteiger partial charge in [0.1, 0.15) is 5.60 Å². The van der Waals surface area contributed by atoms with Gasteiger partial charge in [0.2, 0.25) is 5.95 Å². The third-order valence-corrected chi connectivity index (χ3v) is 3.83. The van der Waals surface area contributed by atoms with Crippen molar-refractivity contribution in [2.75, 3.05) is 31.6 Å². The molecule has 1 saturated heterocycles. The highest BCUT2D eigenvalue weighted by Crippen LogP contribution is 2.21. The molecule has 2 heterocycles. The summed E-state index contributed by atoms with van der Waals surface area (Å²) in [6, 6.07) is 1.89. The number of rotatable bonds is 3. The Kier molecular flexibility index (Phi) is 5.44. The Morgan fingerprint density at radius 3 is 2.87 bits per heavy atom. The second kappa shape index (κ2) is 7.15. The van der Waals surface area contributed by atoms with Crippen LogP contribution in [0.2, 0.25) is 0 Å². The number of anilines is 1. The van der Waals surface area contributed by atoms with Crippen molar-refractivity contribution >= 4 is 12.0 Å². The van der Waals surface area contributed by atoms with Gasteiger partial charge in [-0.05, 0) is 52.5 Å². The normalized spacial score (nSPS) is 18.7. The number of likely N-dealkylation sites (tertiary alicyclic amines) is 1. The van der Waals surface area contributed by atoms with Crippen LogP contribution >= 0.6 is 0 Å². The average Bonchev–Trinajstić information content (AvgIpc) is 2.45. The molecule has 1 aromatic heterocycles. The van der Waals surface area contributed by atoms with Gasteiger partial charge in [-0.1, -0.05) is 0 Å². The summed E-state index contributed by atoms with van der Waals surface area (Å²) in [5, 5.41) is 0. The predicted molar refractivity (Wildman–Crippen MR) is 90.6 cm³/mol. The van der Waals surface area contributed by atoms with Crippen molar-refractivity contribution in [2.24, 2.45) is 5.92 Å². The lowest BCUT2D eigenvalue weighted by Gasteiger charge is -2.35. The van der Waals surface area contributed by atoms with Gasteiger partial charge in [0.25, 0.3) is 0 Å². The van der Waals surface area contributed by atoms with Gasteiger partial charge in [-0.3, -0.25) is 0 Å². The van der Waals surface area contributed by atoms with E-state index in [0.29, 0.717) is 5.92 Å². The molecule has 0 spiro atoms. The monoisotopic (exact) mass is 320 g/mol. The first-order valence-corrected chi connectivity index (χ1v) is 8.23. The number of hydrogen-bond acceptors (Lipinski definition) is 5. The van der Waals surface area contributed by atoms with Gasteiger partial charge in [-0.15, -0.1) is 0 Å². The molecule has 0 radical (unpaired) electrons. The zero-order valence-corrected chi connectivity index (χ0v) is 14.9. The SMILES string of the molecule is Cc1ccnc(N(C)C[C@H]2CCCN(C(=O)OC(C)(C)C)C2)n1. The fourth-order valence-corrected chi connectivity index (χ4v) is 2.79. The second-order valence-electron chi connectivity index (χ2n) is 7.31. The van der Waals surface area contributed by atoms with Crippen molar-refractivity contribution < 1.29 is 9.53 Å². The number of carbonyl (C=O) groups excluding carboxylic acids is 1. The number of hydrogen-bond donors (Lipinski definition) is 0. The standard InChI is InChI=1S/C17H28N4O2/c1-13-8-9-18-15(19-13)20(5)11-14-7-6-10-21(12-14)16(22)23-17(2,3)4/h8-9,14H,6-7,10-12H2,1-5H3/t14-/m1/s1. The Morgan fingerprint density at radius 1 is 1.48 bits per heavy atom. The first-order chi connectivity index (χ1) is 10.7. The maximum absolute atomic E-state index is 12.2. The molecule has 128 valence electrons. The predicted octanol–water partition coefficient (Wildman–Crippen LogP) is 2.87. The number of piperidine rings is 1. The minimum Gasteiger partial charge on any atom is -0.444 e. The van der Waals surface area contributed by atoms with Crippen LogP contribution in [0.25, 0.3) is 0 Å². The Bertz CT molecular complexity index is 542. The van der Waals surface area contributed by atoms with Crippen LogP contribution in [0.4, 0.5) is 10.7 Å². The van der Waals surface area contributed by atoms with Crippen molar-refractivity contribution in [1.29, 1.82) is 0 Å². The van der Waals surface area contributed by atoms with Gasteiger partial charge in [0, 0.05) is 38.6 Å². The molecule has 1 amide bonds. The first-order valence-electron chi connectivity index (χ1n) is 8.23. The van der Waals surface area contributed by atoms with E-state index >= 15 is 0 Å². The molecule has 1 atom stereocenters. The molecule has 0 N–H and O–H groups in total. The molecule has 2 rings (SSSR count). The van der Waals surface area contributed by atoms with E-state index in [1.165, 1.54) is 0 Å². The largest absolute Gasteiger partial charge is 0.444 e. The van der Waals surface area contributed by atoms with E-state index < -0.39 is 5.60 Å². The summed E-state index contributed by atoms with van der Waals surface area (Å²) < 4.78 is 5.48. The van der Waals surface area contributed by atoms with E-state index in [0.717, 1.165) is 44.1 Å². The molecular formula is C17H28N4O2. The van der Waals surface area contributed by atoms with Crippen LogP contribution in [-0.4, -0.2) is 53.2 Å². The lowest BCUT2D eigenvalue weighted by Crippen LogP contribution is -2.45. The molecule has 1 aromatic rings. The topological polar surface area (TPSA) is 58.6 Å². The summed E-state index contributed by atoms with van der Waals surface area (Å²) >= 11 is 0. The zero-order valence-electron chi connectivity index (χ0n) is 14.9. The van der Waals surface area contributed by atoms with E-state index in [1.54, 1.807) is 6.20 Å². The number of aryl methyl sites for hydroxylation is 1. The Hall–Kier alpha value is -1.85. The minimum atomic E-state index is -0.448. The molecule has 6 nitrogen and oxygen atoms in total. The first kappa shape index (κ1) is 17.5. The number of aromatic nitrogens is 2. The fraction of sp³-hybridized carbons (Fsp3) is 0.706. The Balaban J connectivity index is 1.92. The highest BCUT2D eigenvalue weighted by Gasteiger charge is 2.28. The van der Waals surface area contributed by atoms with E-state index in [4.69, 9.17) is 4.74 Å². The van der Waals surface area contributed by atoms with Crippen LogP contribution in [0, 0.1) is 12.8 Å². The molecule has 1 aliphatic heterocycles. The van der Waals surface area contributed by atoms with Gasteiger partial charge in [-0.25, -0.2) is 14.8 Å². The quantitative estimate of drug-likeness (QED) is 0.857. The van der Waals surface area contributed by atoms with Gasteiger partial charge in [0.15, 0.2) is 0 Å². The number of amides is 1. The maximum Gasteiger partial charge on any atom is 0.410 e. The zero-order chi connectivity index (χ0) is 17.0. The molecule has 0 aromatic carbocycles. The summed E-state index contributed by atoms with van der Waals surface area (Å²) in [6.07, 6.45) is 3.68. The molecule has 6 heteroatoms. The van der Waals surface area contributed by atoms with E-state index in [9.17, 15) is 4.79 Å². The van der Waals surface area contributed by atoms with E-state index in [1.807, 2.05) is 45.7 Å². The van der Waals surface area contributed by atoms with Gasteiger partial charge >= 0.3 is 6.09 Å². The number of ether oxygens (including phenoxy) is 1. The van der Waals surface area contributed by atoms with Crippen molar-refractivity contribution in [3.63, 3.8) is 0 Å². The van der Waals surface area contributed by atoms with Gasteiger partial charge < -0.3 is 14.5 Å². The number of nitrogens with zero attached hydrogens (tertiary/aromatic N) is 4. The molecule has 0 bridgehead atoms. The average molecular weight is 320 g/mol. The molecular weight excluding hydrogens is 292 g/mol. The summed E-state index contributed by atoms with van der Waals surface area (Å²) in [7, 11) is 2.00. The molecule has 0 unspecified atom stereocenters. The van der Waals surface area contributed by atoms with Gasteiger partial charge in [0.05, 0.1) is 0 Å². The van der Waals surface area contributed by atoms with Crippen molar-refractivity contribution in [2.45, 2.75) is 46.1 Å². The van der Waals surface area contributed by atoms with Crippen LogP contribution in [0.1, 0.15) is 39.3 Å². The lowest BCUT2D eigenvalue weighted by atomic mass is 9.98. The van der Waals surface area contributed by atoms with Crippen molar-refractivity contribution in [3.05, 3.63) is 18.0 Å². The summed E-state index contributed by atoms with van der Waals surface area (Å²) in [5.74, 6) is 1.14. The second-order valence-corrected chi connectivity index (χ2v) is 7.31. The summed E-state index contributed by atoms with van der Waals surface area (Å²) in [6.45, 7) is 9.99. The lowest BCUT2D eigenvalue weighted by molar-refractivity contribution is 0.0170. The Labute approximate surface area is 138 Å². The maximum atomic E-state index is 12.2. The van der Waals surface area contributed by atoms with Gasteiger partial charge in [-0.2, -0.15) is 0 Å². The summed E-state index contributed by atoms with van der Waals surface area (Å²) in [4.78, 5) is 24.9. The number of carbonyl (C=O) groups is 1. The highest BCUT2D eigenvalue weighted by molar-refractivity contribution is 5.68. The molecule has 1 aliphatic rings. The molecule has 23 heavy (non-hydrogen) atoms. The third kappa shape index (κ3) is 5.37. The summed E-state index contributed by atoms with van der Waals surface area (Å²) in [5.41, 5.74) is 0.511. The fourth-order valence-electron chi connectivity index (χ4n) is 2.79. The van der Waals surface area contributed by atoms with Crippen LogP contribution in [0.3, 0.4) is 0 Å². The van der Waals surface area contributed by atoms with Crippen molar-refractivity contribution in [3.8, 4) is 0 Å². The van der Waals surface area contributed by atoms with E-state index in [2.05, 4.69) is 14.9 Å². The van der Waals surface area contributed by atoms with Crippen LogP contribution in [0.5, 0.6) is 0 Å². The minimum absolute atomic E-state index is 0.211. The van der Waals surface area contributed by atoms with Crippen LogP contribution in [0.15, 0.2) is 12.3 Å². The molecule has 0 aliphatic carbocycles. The van der Waals surface area contributed by atoms with Crippen LogP contribution < -0.4 is 4.90 Å². The Morgan fingerprint density at radius 2 is 2.22 bits per heavy atom. The smallest absolute Gasteiger partial charge is 0.410 e. The molecule has 1 fully saturated rings. The van der Waals surface area contributed by atoms with E-state index in [-0.39, 0.29) is 6.09 Å². The highest BCUT2D eigenvalue weighted by atomic mass is 16.6. The third-order valence-electron chi connectivity index (χ3n) is 3.83. The molecule has 0 saturated carbocycles. The van der Waals surface area contributed by atoms with Crippen molar-refractivity contribution in [1.82, 2.24) is 14.9 Å².